The van der Waals surface area contributed by atoms with E-state index in [0.29, 0.717) is 17.8 Å². The standard InChI is InChI=1S/C20H21FN6O2/c1-20(19(28)29)6-4-14-13(9-12(21)10-22-14)16-3-2-7-26(16)17-5-8-27-18(24-17)15(25-20)11-23-27/h5,8-11,16,25H,2-4,6-7H2,1H3,(H,28,29). The van der Waals surface area contributed by atoms with Crippen LogP contribution in [-0.2, 0) is 11.2 Å². The summed E-state index contributed by atoms with van der Waals surface area (Å²) in [6, 6.07) is 3.38. The minimum absolute atomic E-state index is 0.0435. The summed E-state index contributed by atoms with van der Waals surface area (Å²) < 4.78 is 15.7. The molecule has 2 bridgehead atoms. The van der Waals surface area contributed by atoms with Gasteiger partial charge in [-0.15, -0.1) is 0 Å². The highest BCUT2D eigenvalue weighted by Gasteiger charge is 2.36. The number of nitrogens with zero attached hydrogens (tertiary/aromatic N) is 5. The van der Waals surface area contributed by atoms with Crippen molar-refractivity contribution < 1.29 is 14.3 Å². The molecule has 0 aliphatic carbocycles. The Morgan fingerprint density at radius 1 is 1.41 bits per heavy atom. The van der Waals surface area contributed by atoms with Gasteiger partial charge in [-0.3, -0.25) is 4.98 Å². The molecule has 5 heterocycles. The summed E-state index contributed by atoms with van der Waals surface area (Å²) in [5.41, 5.74) is 1.43. The molecule has 29 heavy (non-hydrogen) atoms. The van der Waals surface area contributed by atoms with Crippen LogP contribution in [0, 0.1) is 5.82 Å². The Labute approximate surface area is 166 Å². The molecule has 0 spiro atoms. The van der Waals surface area contributed by atoms with Crippen molar-refractivity contribution in [3.63, 3.8) is 0 Å². The predicted octanol–water partition coefficient (Wildman–Crippen LogP) is 2.81. The van der Waals surface area contributed by atoms with Crippen molar-refractivity contribution in [2.24, 2.45) is 0 Å². The summed E-state index contributed by atoms with van der Waals surface area (Å²) in [6.45, 7) is 2.45. The largest absolute Gasteiger partial charge is 0.480 e. The van der Waals surface area contributed by atoms with Crippen LogP contribution in [0.15, 0.2) is 30.7 Å². The van der Waals surface area contributed by atoms with Crippen LogP contribution in [-0.4, -0.2) is 42.7 Å². The van der Waals surface area contributed by atoms with Crippen molar-refractivity contribution in [3.8, 4) is 0 Å². The van der Waals surface area contributed by atoms with E-state index in [1.807, 2.05) is 12.3 Å². The number of hydrogen-bond donors (Lipinski definition) is 2. The highest BCUT2D eigenvalue weighted by Crippen LogP contribution is 2.38. The maximum Gasteiger partial charge on any atom is 0.329 e. The first-order valence-electron chi connectivity index (χ1n) is 9.71. The zero-order valence-corrected chi connectivity index (χ0v) is 16.0. The normalized spacial score (nSPS) is 23.8. The fourth-order valence-electron chi connectivity index (χ4n) is 4.34. The molecule has 150 valence electrons. The monoisotopic (exact) mass is 396 g/mol. The van der Waals surface area contributed by atoms with Crippen molar-refractivity contribution in [1.82, 2.24) is 19.6 Å². The smallest absolute Gasteiger partial charge is 0.329 e. The summed E-state index contributed by atoms with van der Waals surface area (Å²) in [5.74, 6) is -0.601. The van der Waals surface area contributed by atoms with Crippen LogP contribution in [0.3, 0.4) is 0 Å². The summed E-state index contributed by atoms with van der Waals surface area (Å²) in [4.78, 5) is 23.4. The number of halogens is 1. The number of carboxylic acid groups (broad SMARTS) is 1. The molecule has 5 rings (SSSR count). The zero-order valence-electron chi connectivity index (χ0n) is 16.0. The number of carbonyl (C=O) groups is 1. The van der Waals surface area contributed by atoms with Gasteiger partial charge in [0.05, 0.1) is 18.4 Å². The summed E-state index contributed by atoms with van der Waals surface area (Å²) in [7, 11) is 0. The molecule has 0 aromatic carbocycles. The minimum Gasteiger partial charge on any atom is -0.480 e. The van der Waals surface area contributed by atoms with Crippen LogP contribution in [0.1, 0.15) is 43.5 Å². The SMILES string of the molecule is CC1(C(=O)O)CCc2ncc(F)cc2C2CCCN2c2ccn3ncc(c3n2)N1. The second kappa shape index (κ2) is 6.40. The molecule has 0 radical (unpaired) electrons. The molecule has 1 fully saturated rings. The zero-order chi connectivity index (χ0) is 20.2. The third kappa shape index (κ3) is 2.88. The van der Waals surface area contributed by atoms with Gasteiger partial charge in [0.15, 0.2) is 5.65 Å². The second-order valence-electron chi connectivity index (χ2n) is 7.92. The Kier molecular flexibility index (Phi) is 3.94. The molecule has 0 amide bonds. The van der Waals surface area contributed by atoms with E-state index in [4.69, 9.17) is 4.98 Å². The molecule has 1 saturated heterocycles. The van der Waals surface area contributed by atoms with Gasteiger partial charge in [0.1, 0.15) is 22.9 Å². The first-order chi connectivity index (χ1) is 13.9. The molecule has 2 N–H and O–H groups in total. The van der Waals surface area contributed by atoms with Gasteiger partial charge in [-0.05, 0) is 50.3 Å². The van der Waals surface area contributed by atoms with Gasteiger partial charge in [0, 0.05) is 18.4 Å². The fourth-order valence-corrected chi connectivity index (χ4v) is 4.34. The number of rotatable bonds is 1. The average molecular weight is 396 g/mol. The molecule has 3 aromatic heterocycles. The van der Waals surface area contributed by atoms with Gasteiger partial charge in [-0.2, -0.15) is 5.10 Å². The number of nitrogens with one attached hydrogen (secondary N) is 1. The second-order valence-corrected chi connectivity index (χ2v) is 7.92. The van der Waals surface area contributed by atoms with E-state index in [1.165, 1.54) is 12.3 Å². The Bertz CT molecular complexity index is 1120. The molecule has 0 saturated carbocycles. The highest BCUT2D eigenvalue weighted by molar-refractivity contribution is 5.84. The number of hydrogen-bond acceptors (Lipinski definition) is 6. The summed E-state index contributed by atoms with van der Waals surface area (Å²) >= 11 is 0. The Morgan fingerprint density at radius 3 is 3.10 bits per heavy atom. The molecule has 2 aliphatic heterocycles. The molecule has 9 heteroatoms. The number of pyridine rings is 1. The van der Waals surface area contributed by atoms with E-state index in [0.717, 1.165) is 36.5 Å². The van der Waals surface area contributed by atoms with Gasteiger partial charge >= 0.3 is 5.97 Å². The minimum atomic E-state index is -1.25. The van der Waals surface area contributed by atoms with Crippen LogP contribution in [0.4, 0.5) is 15.9 Å². The number of aryl methyl sites for hydroxylation is 1. The molecular formula is C20H21FN6O2. The van der Waals surface area contributed by atoms with E-state index in [2.05, 4.69) is 20.3 Å². The van der Waals surface area contributed by atoms with E-state index < -0.39 is 11.5 Å². The summed E-state index contributed by atoms with van der Waals surface area (Å²) in [6.07, 6.45) is 7.15. The van der Waals surface area contributed by atoms with E-state index in [-0.39, 0.29) is 18.3 Å². The van der Waals surface area contributed by atoms with Crippen LogP contribution in [0.5, 0.6) is 0 Å². The fraction of sp³-hybridized carbons (Fsp3) is 0.400. The number of anilines is 2. The van der Waals surface area contributed by atoms with Crippen LogP contribution >= 0.6 is 0 Å². The van der Waals surface area contributed by atoms with Crippen molar-refractivity contribution in [2.45, 2.75) is 44.2 Å². The van der Waals surface area contributed by atoms with Crippen LogP contribution < -0.4 is 10.2 Å². The lowest BCUT2D eigenvalue weighted by Crippen LogP contribution is -2.44. The Balaban J connectivity index is 1.72. The number of carboxylic acids is 1. The predicted molar refractivity (Wildman–Crippen MR) is 104 cm³/mol. The van der Waals surface area contributed by atoms with E-state index in [9.17, 15) is 14.3 Å². The average Bonchev–Trinajstić information content (AvgIpc) is 3.33. The summed E-state index contributed by atoms with van der Waals surface area (Å²) in [5, 5.41) is 17.3. The molecule has 2 unspecified atom stereocenters. The molecule has 2 aliphatic rings. The molecule has 8 nitrogen and oxygen atoms in total. The van der Waals surface area contributed by atoms with Gasteiger partial charge in [0.2, 0.25) is 0 Å². The van der Waals surface area contributed by atoms with Crippen LogP contribution in [0.25, 0.3) is 5.65 Å². The van der Waals surface area contributed by atoms with Crippen molar-refractivity contribution >= 4 is 23.1 Å². The maximum absolute atomic E-state index is 14.1. The van der Waals surface area contributed by atoms with Gasteiger partial charge in [-0.25, -0.2) is 18.7 Å². The number of aliphatic carboxylic acids is 1. The lowest BCUT2D eigenvalue weighted by atomic mass is 9.91. The van der Waals surface area contributed by atoms with Crippen molar-refractivity contribution in [1.29, 1.82) is 0 Å². The van der Waals surface area contributed by atoms with E-state index >= 15 is 0 Å². The molecule has 3 aromatic rings. The Hall–Kier alpha value is -3.23. The maximum atomic E-state index is 14.1. The first-order valence-corrected chi connectivity index (χ1v) is 9.71. The third-order valence-electron chi connectivity index (χ3n) is 5.98. The van der Waals surface area contributed by atoms with Crippen molar-refractivity contribution in [2.75, 3.05) is 16.8 Å². The first kappa shape index (κ1) is 17.8. The lowest BCUT2D eigenvalue weighted by Gasteiger charge is -2.30. The van der Waals surface area contributed by atoms with Crippen molar-refractivity contribution in [3.05, 3.63) is 47.8 Å². The Morgan fingerprint density at radius 2 is 2.28 bits per heavy atom. The molecule has 2 atom stereocenters. The van der Waals surface area contributed by atoms with Gasteiger partial charge in [-0.1, -0.05) is 0 Å². The number of fused-ring (bicyclic) bond motifs is 5. The quantitative estimate of drug-likeness (QED) is 0.653. The third-order valence-corrected chi connectivity index (χ3v) is 5.98. The topological polar surface area (TPSA) is 95.7 Å². The number of aromatic nitrogens is 4. The lowest BCUT2D eigenvalue weighted by molar-refractivity contribution is -0.141. The van der Waals surface area contributed by atoms with Crippen LogP contribution in [0.2, 0.25) is 0 Å². The molecular weight excluding hydrogens is 375 g/mol. The van der Waals surface area contributed by atoms with Gasteiger partial charge in [0.25, 0.3) is 0 Å². The van der Waals surface area contributed by atoms with E-state index in [1.54, 1.807) is 17.6 Å². The van der Waals surface area contributed by atoms with Gasteiger partial charge < -0.3 is 15.3 Å². The highest BCUT2D eigenvalue weighted by atomic mass is 19.1.